The number of thiophene rings is 2. The summed E-state index contributed by atoms with van der Waals surface area (Å²) in [4.78, 5) is 24.0. The third-order valence-electron chi connectivity index (χ3n) is 4.84. The van der Waals surface area contributed by atoms with Gasteiger partial charge < -0.3 is 9.47 Å². The zero-order valence-corrected chi connectivity index (χ0v) is 20.5. The maximum Gasteiger partial charge on any atom is 0.348 e. The van der Waals surface area contributed by atoms with Crippen LogP contribution in [-0.4, -0.2) is 26.2 Å². The van der Waals surface area contributed by atoms with Crippen LogP contribution in [0.4, 0.5) is 0 Å². The van der Waals surface area contributed by atoms with Crippen LogP contribution in [0.1, 0.15) is 36.0 Å². The van der Waals surface area contributed by atoms with Gasteiger partial charge in [0.25, 0.3) is 0 Å². The first kappa shape index (κ1) is 22.5. The molecule has 0 aliphatic heterocycles. The highest BCUT2D eigenvalue weighted by Gasteiger charge is 2.13. The molecule has 2 heterocycles. The highest BCUT2D eigenvalue weighted by atomic mass is 79.9. The van der Waals surface area contributed by atoms with Gasteiger partial charge in [0.1, 0.15) is 9.75 Å². The minimum atomic E-state index is -0.277. The topological polar surface area (TPSA) is 52.6 Å². The molecule has 0 bridgehead atoms. The zero-order chi connectivity index (χ0) is 22.0. The summed E-state index contributed by atoms with van der Waals surface area (Å²) in [5.41, 5.74) is 3.65. The van der Waals surface area contributed by atoms with E-state index in [4.69, 9.17) is 9.47 Å². The Bertz CT molecular complexity index is 1160. The Balaban J connectivity index is 0.000000171. The minimum Gasteiger partial charge on any atom is -0.465 e. The molecule has 7 heteroatoms. The van der Waals surface area contributed by atoms with Crippen molar-refractivity contribution in [3.8, 4) is 0 Å². The molecule has 0 N–H and O–H groups in total. The molecule has 0 aliphatic carbocycles. The zero-order valence-electron chi connectivity index (χ0n) is 17.3. The first-order valence-electron chi connectivity index (χ1n) is 9.11. The quantitative estimate of drug-likeness (QED) is 0.274. The van der Waals surface area contributed by atoms with Crippen molar-refractivity contribution in [1.82, 2.24) is 0 Å². The van der Waals surface area contributed by atoms with Gasteiger partial charge in [0.2, 0.25) is 0 Å². The van der Waals surface area contributed by atoms with Gasteiger partial charge in [-0.25, -0.2) is 9.59 Å². The number of ether oxygens (including phenoxy) is 2. The fraction of sp³-hybridized carbons (Fsp3) is 0.217. The van der Waals surface area contributed by atoms with Crippen molar-refractivity contribution in [3.05, 3.63) is 67.3 Å². The van der Waals surface area contributed by atoms with Gasteiger partial charge in [0.15, 0.2) is 0 Å². The highest BCUT2D eigenvalue weighted by molar-refractivity contribution is 9.10. The minimum absolute atomic E-state index is 0.256. The molecule has 0 saturated heterocycles. The van der Waals surface area contributed by atoms with Crippen LogP contribution in [0.15, 0.2) is 40.9 Å². The maximum absolute atomic E-state index is 11.4. The van der Waals surface area contributed by atoms with Crippen LogP contribution >= 0.6 is 38.6 Å². The standard InChI is InChI=1S/C12H12O2S.C11H9BrO2S/c1-7-4-5-10-9(8(7)2)6-11(15-10)12(13)14-3;1-6-3-4-8-7(10(6)12)5-9(15-8)11(13)14-2/h4-6H,1-3H3;3-5H,1-2H3. The molecule has 4 nitrogen and oxygen atoms in total. The molecule has 0 radical (unpaired) electrons. The van der Waals surface area contributed by atoms with E-state index in [0.717, 1.165) is 30.2 Å². The van der Waals surface area contributed by atoms with Crippen LogP contribution in [0.3, 0.4) is 0 Å². The number of hydrogen-bond acceptors (Lipinski definition) is 6. The summed E-state index contributed by atoms with van der Waals surface area (Å²) in [5, 5.41) is 2.22. The maximum atomic E-state index is 11.4. The highest BCUT2D eigenvalue weighted by Crippen LogP contribution is 2.34. The number of halogens is 1. The lowest BCUT2D eigenvalue weighted by Gasteiger charge is -1.99. The monoisotopic (exact) mass is 504 g/mol. The largest absolute Gasteiger partial charge is 0.465 e. The molecule has 0 fully saturated rings. The third kappa shape index (κ3) is 4.43. The summed E-state index contributed by atoms with van der Waals surface area (Å²) >= 11 is 6.45. The summed E-state index contributed by atoms with van der Waals surface area (Å²) in [6.07, 6.45) is 0. The molecule has 0 aliphatic rings. The van der Waals surface area contributed by atoms with Gasteiger partial charge >= 0.3 is 11.9 Å². The summed E-state index contributed by atoms with van der Waals surface area (Å²) in [6.45, 7) is 6.18. The first-order chi connectivity index (χ1) is 14.3. The molecular formula is C23H21BrO4S2. The average molecular weight is 505 g/mol. The van der Waals surface area contributed by atoms with Crippen LogP contribution in [0.25, 0.3) is 20.2 Å². The van der Waals surface area contributed by atoms with Gasteiger partial charge in [0, 0.05) is 19.3 Å². The van der Waals surface area contributed by atoms with Crippen molar-refractivity contribution >= 4 is 70.7 Å². The van der Waals surface area contributed by atoms with E-state index in [1.807, 2.05) is 31.2 Å². The van der Waals surface area contributed by atoms with E-state index < -0.39 is 0 Å². The van der Waals surface area contributed by atoms with Crippen LogP contribution in [0, 0.1) is 20.8 Å². The van der Waals surface area contributed by atoms with Crippen molar-refractivity contribution in [3.63, 3.8) is 0 Å². The summed E-state index contributed by atoms with van der Waals surface area (Å²) in [5.74, 6) is -0.533. The van der Waals surface area contributed by atoms with Gasteiger partial charge in [-0.15, -0.1) is 22.7 Å². The fourth-order valence-electron chi connectivity index (χ4n) is 2.95. The molecule has 0 spiro atoms. The van der Waals surface area contributed by atoms with E-state index in [9.17, 15) is 9.59 Å². The second-order valence-electron chi connectivity index (χ2n) is 6.73. The van der Waals surface area contributed by atoms with Crippen molar-refractivity contribution < 1.29 is 19.1 Å². The molecule has 4 rings (SSSR count). The first-order valence-corrected chi connectivity index (χ1v) is 11.5. The summed E-state index contributed by atoms with van der Waals surface area (Å²) in [6, 6.07) is 12.0. The third-order valence-corrected chi connectivity index (χ3v) is 8.06. The Kier molecular flexibility index (Phi) is 6.95. The molecule has 0 atom stereocenters. The number of aryl methyl sites for hydroxylation is 3. The van der Waals surface area contributed by atoms with Crippen LogP contribution in [0.5, 0.6) is 0 Å². The molecule has 30 heavy (non-hydrogen) atoms. The summed E-state index contributed by atoms with van der Waals surface area (Å²) in [7, 11) is 2.80. The number of esters is 2. The average Bonchev–Trinajstić information content (AvgIpc) is 3.38. The molecule has 4 aromatic rings. The molecule has 0 amide bonds. The number of hydrogen-bond donors (Lipinski definition) is 0. The van der Waals surface area contributed by atoms with Crippen molar-refractivity contribution in [2.75, 3.05) is 14.2 Å². The molecule has 2 aromatic carbocycles. The lowest BCUT2D eigenvalue weighted by atomic mass is 10.1. The number of carbonyl (C=O) groups is 2. The number of carbonyl (C=O) groups excluding carboxylic acids is 2. The van der Waals surface area contributed by atoms with Crippen LogP contribution in [-0.2, 0) is 9.47 Å². The Hall–Kier alpha value is -2.22. The smallest absolute Gasteiger partial charge is 0.348 e. The van der Waals surface area contributed by atoms with Gasteiger partial charge in [-0.3, -0.25) is 0 Å². The Labute approximate surface area is 191 Å². The molecule has 0 unspecified atom stereocenters. The normalized spacial score (nSPS) is 10.6. The van der Waals surface area contributed by atoms with Crippen LogP contribution in [0.2, 0.25) is 0 Å². The van der Waals surface area contributed by atoms with Gasteiger partial charge in [-0.2, -0.15) is 0 Å². The number of fused-ring (bicyclic) bond motifs is 2. The Morgan fingerprint density at radius 2 is 1.23 bits per heavy atom. The van der Waals surface area contributed by atoms with Gasteiger partial charge in [-0.1, -0.05) is 12.1 Å². The van der Waals surface area contributed by atoms with Gasteiger partial charge in [-0.05, 0) is 83.0 Å². The van der Waals surface area contributed by atoms with E-state index in [1.54, 1.807) is 0 Å². The number of benzene rings is 2. The Morgan fingerprint density at radius 1 is 0.767 bits per heavy atom. The fourth-order valence-corrected chi connectivity index (χ4v) is 5.57. The lowest BCUT2D eigenvalue weighted by molar-refractivity contribution is 0.0597. The second kappa shape index (κ2) is 9.29. The molecular weight excluding hydrogens is 484 g/mol. The molecule has 0 saturated carbocycles. The molecule has 2 aromatic heterocycles. The lowest BCUT2D eigenvalue weighted by Crippen LogP contribution is -1.96. The van der Waals surface area contributed by atoms with E-state index in [0.29, 0.717) is 9.75 Å². The predicted octanol–water partition coefficient (Wildman–Crippen LogP) is 7.06. The predicted molar refractivity (Wildman–Crippen MR) is 128 cm³/mol. The van der Waals surface area contributed by atoms with E-state index in [2.05, 4.69) is 41.9 Å². The van der Waals surface area contributed by atoms with Crippen molar-refractivity contribution in [2.24, 2.45) is 0 Å². The Morgan fingerprint density at radius 3 is 1.77 bits per heavy atom. The van der Waals surface area contributed by atoms with Crippen LogP contribution < -0.4 is 0 Å². The van der Waals surface area contributed by atoms with E-state index in [-0.39, 0.29) is 11.9 Å². The van der Waals surface area contributed by atoms with E-state index >= 15 is 0 Å². The number of methoxy groups -OCH3 is 2. The van der Waals surface area contributed by atoms with Crippen molar-refractivity contribution in [1.29, 1.82) is 0 Å². The van der Waals surface area contributed by atoms with E-state index in [1.165, 1.54) is 48.0 Å². The van der Waals surface area contributed by atoms with Crippen molar-refractivity contribution in [2.45, 2.75) is 20.8 Å². The SMILES string of the molecule is COC(=O)c1cc2c(Br)c(C)ccc2s1.COC(=O)c1cc2c(C)c(C)ccc2s1. The molecule has 156 valence electrons. The summed E-state index contributed by atoms with van der Waals surface area (Å²) < 4.78 is 12.7. The van der Waals surface area contributed by atoms with Gasteiger partial charge in [0.05, 0.1) is 14.2 Å². The second-order valence-corrected chi connectivity index (χ2v) is 9.69. The number of rotatable bonds is 2.